The maximum Gasteiger partial charge on any atom is 0.164 e. The van der Waals surface area contributed by atoms with Crippen molar-refractivity contribution in [1.82, 2.24) is 24.5 Å². The first-order chi connectivity index (χ1) is 28.3. The summed E-state index contributed by atoms with van der Waals surface area (Å²) in [6.07, 6.45) is 0. The van der Waals surface area contributed by atoms with Gasteiger partial charge in [-0.25, -0.2) is 19.9 Å². The van der Waals surface area contributed by atoms with Crippen molar-refractivity contribution in [3.05, 3.63) is 200 Å². The summed E-state index contributed by atoms with van der Waals surface area (Å²) in [7, 11) is 0. The van der Waals surface area contributed by atoms with Crippen molar-refractivity contribution in [3.8, 4) is 62.2 Å². The fourth-order valence-corrected chi connectivity index (χ4v) is 8.16. The molecule has 0 spiro atoms. The number of pyridine rings is 1. The van der Waals surface area contributed by atoms with Crippen molar-refractivity contribution in [2.45, 2.75) is 0 Å². The molecule has 5 heteroatoms. The van der Waals surface area contributed by atoms with Gasteiger partial charge in [-0.1, -0.05) is 164 Å². The van der Waals surface area contributed by atoms with E-state index in [1.165, 1.54) is 21.7 Å². The summed E-state index contributed by atoms with van der Waals surface area (Å²) in [6.45, 7) is 0. The Hall–Kier alpha value is -7.76. The van der Waals surface area contributed by atoms with Gasteiger partial charge in [0.25, 0.3) is 0 Å². The molecule has 3 heterocycles. The molecule has 0 aliphatic rings. The Bertz CT molecular complexity index is 3210. The predicted molar refractivity (Wildman–Crippen MR) is 234 cm³/mol. The maximum absolute atomic E-state index is 5.25. The smallest absolute Gasteiger partial charge is 0.164 e. The highest BCUT2D eigenvalue weighted by molar-refractivity contribution is 6.27. The lowest BCUT2D eigenvalue weighted by Gasteiger charge is -2.14. The topological polar surface area (TPSA) is 56.5 Å². The van der Waals surface area contributed by atoms with Crippen molar-refractivity contribution in [2.24, 2.45) is 0 Å². The summed E-state index contributed by atoms with van der Waals surface area (Å²) in [6, 6.07) is 69.8. The maximum atomic E-state index is 5.25. The summed E-state index contributed by atoms with van der Waals surface area (Å²) in [4.78, 5) is 20.2. The first-order valence-electron chi connectivity index (χ1n) is 19.1. The van der Waals surface area contributed by atoms with Crippen LogP contribution in [0.4, 0.5) is 0 Å². The molecule has 0 aliphatic carbocycles. The summed E-state index contributed by atoms with van der Waals surface area (Å²) >= 11 is 0. The van der Waals surface area contributed by atoms with Gasteiger partial charge in [0.05, 0.1) is 22.2 Å². The molecular weight excluding hydrogens is 695 g/mol. The summed E-state index contributed by atoms with van der Waals surface area (Å²) in [5, 5.41) is 5.82. The number of hydrogen-bond acceptors (Lipinski definition) is 4. The van der Waals surface area contributed by atoms with Gasteiger partial charge in [-0.3, -0.25) is 0 Å². The molecule has 0 aliphatic heterocycles. The molecule has 0 radical (unpaired) electrons. The lowest BCUT2D eigenvalue weighted by Crippen LogP contribution is -2.00. The second-order valence-electron chi connectivity index (χ2n) is 14.2. The molecule has 0 saturated carbocycles. The zero-order valence-corrected chi connectivity index (χ0v) is 30.8. The third-order valence-corrected chi connectivity index (χ3v) is 10.8. The fraction of sp³-hybridized carbons (Fsp3) is 0. The Kier molecular flexibility index (Phi) is 7.74. The van der Waals surface area contributed by atoms with E-state index in [1.807, 2.05) is 60.7 Å². The van der Waals surface area contributed by atoms with E-state index >= 15 is 0 Å². The van der Waals surface area contributed by atoms with Gasteiger partial charge in [0, 0.05) is 54.9 Å². The average molecular weight is 728 g/mol. The van der Waals surface area contributed by atoms with E-state index < -0.39 is 0 Å². The quantitative estimate of drug-likeness (QED) is 0.160. The van der Waals surface area contributed by atoms with Crippen LogP contribution in [0.15, 0.2) is 200 Å². The highest BCUT2D eigenvalue weighted by atomic mass is 15.0. The van der Waals surface area contributed by atoms with E-state index in [0.29, 0.717) is 17.5 Å². The van der Waals surface area contributed by atoms with Crippen LogP contribution in [-0.4, -0.2) is 24.5 Å². The van der Waals surface area contributed by atoms with Gasteiger partial charge in [0.1, 0.15) is 0 Å². The van der Waals surface area contributed by atoms with Crippen molar-refractivity contribution in [3.63, 3.8) is 0 Å². The van der Waals surface area contributed by atoms with Crippen molar-refractivity contribution in [1.29, 1.82) is 0 Å². The number of fused-ring (bicyclic) bond motifs is 7. The van der Waals surface area contributed by atoms with Crippen LogP contribution in [-0.2, 0) is 0 Å². The van der Waals surface area contributed by atoms with Crippen LogP contribution in [0, 0.1) is 0 Å². The molecular formula is C52H33N5. The lowest BCUT2D eigenvalue weighted by atomic mass is 9.96. The number of benzene rings is 8. The van der Waals surface area contributed by atoms with Crippen molar-refractivity contribution in [2.75, 3.05) is 0 Å². The molecule has 8 aromatic carbocycles. The monoisotopic (exact) mass is 727 g/mol. The zero-order valence-electron chi connectivity index (χ0n) is 30.8. The van der Waals surface area contributed by atoms with Crippen LogP contribution < -0.4 is 0 Å². The van der Waals surface area contributed by atoms with Crippen LogP contribution in [0.5, 0.6) is 0 Å². The van der Waals surface area contributed by atoms with Gasteiger partial charge in [0.15, 0.2) is 17.5 Å². The predicted octanol–water partition coefficient (Wildman–Crippen LogP) is 13.0. The second kappa shape index (κ2) is 13.5. The molecule has 11 aromatic rings. The third-order valence-electron chi connectivity index (χ3n) is 10.8. The van der Waals surface area contributed by atoms with E-state index in [4.69, 9.17) is 19.9 Å². The molecule has 5 nitrogen and oxygen atoms in total. The van der Waals surface area contributed by atoms with Crippen LogP contribution in [0.25, 0.3) is 106 Å². The van der Waals surface area contributed by atoms with Crippen LogP contribution in [0.2, 0.25) is 0 Å². The van der Waals surface area contributed by atoms with Gasteiger partial charge in [-0.05, 0) is 47.5 Å². The van der Waals surface area contributed by atoms with Gasteiger partial charge in [-0.2, -0.15) is 0 Å². The number of para-hydroxylation sites is 2. The van der Waals surface area contributed by atoms with Crippen LogP contribution in [0.3, 0.4) is 0 Å². The lowest BCUT2D eigenvalue weighted by molar-refractivity contribution is 1.07. The Morgan fingerprint density at radius 1 is 0.316 bits per heavy atom. The molecule has 0 amide bonds. The molecule has 0 N–H and O–H groups in total. The first-order valence-corrected chi connectivity index (χ1v) is 19.1. The summed E-state index contributed by atoms with van der Waals surface area (Å²) in [5.41, 5.74) is 11.5. The Morgan fingerprint density at radius 3 is 1.53 bits per heavy atom. The molecule has 0 atom stereocenters. The molecule has 0 fully saturated rings. The molecule has 0 saturated heterocycles. The van der Waals surface area contributed by atoms with Crippen molar-refractivity contribution < 1.29 is 0 Å². The third kappa shape index (κ3) is 5.64. The Morgan fingerprint density at radius 2 is 0.842 bits per heavy atom. The van der Waals surface area contributed by atoms with Crippen LogP contribution in [0.1, 0.15) is 0 Å². The zero-order chi connectivity index (χ0) is 37.7. The molecule has 11 rings (SSSR count). The van der Waals surface area contributed by atoms with Crippen LogP contribution >= 0.6 is 0 Å². The minimum atomic E-state index is 0.632. The highest BCUT2D eigenvalue weighted by Gasteiger charge is 2.21. The summed E-state index contributed by atoms with van der Waals surface area (Å²) in [5.74, 6) is 1.92. The van der Waals surface area contributed by atoms with E-state index in [2.05, 4.69) is 144 Å². The van der Waals surface area contributed by atoms with E-state index in [1.54, 1.807) is 0 Å². The van der Waals surface area contributed by atoms with Gasteiger partial charge in [-0.15, -0.1) is 0 Å². The SMILES string of the molecule is c1ccc(-c2nc(-c3ccccc3)nc(-c3cccc(-c4ccc5c(c4)c4ccc6c(-c7ccccc7)nc7ccccc7c6c4n5-c4ccccc4)c3)n2)cc1. The molecule has 57 heavy (non-hydrogen) atoms. The molecule has 0 unspecified atom stereocenters. The molecule has 266 valence electrons. The Labute approximate surface area is 329 Å². The number of hydrogen-bond donors (Lipinski definition) is 0. The van der Waals surface area contributed by atoms with Gasteiger partial charge < -0.3 is 4.57 Å². The molecule has 0 bridgehead atoms. The van der Waals surface area contributed by atoms with Gasteiger partial charge in [0.2, 0.25) is 0 Å². The minimum Gasteiger partial charge on any atom is -0.309 e. The van der Waals surface area contributed by atoms with Crippen molar-refractivity contribution >= 4 is 43.5 Å². The first kappa shape index (κ1) is 32.7. The van der Waals surface area contributed by atoms with Gasteiger partial charge >= 0.3 is 0 Å². The van der Waals surface area contributed by atoms with E-state index in [0.717, 1.165) is 66.6 Å². The highest BCUT2D eigenvalue weighted by Crippen LogP contribution is 2.43. The minimum absolute atomic E-state index is 0.632. The standard InChI is InChI=1S/C52H33N5/c1-5-16-34(17-6-1)48-43-30-29-41-44-33-38(28-31-46(44)57(40-24-11-4-12-25-40)49(41)47(43)42-26-13-14-27-45(42)53-48)37-22-15-23-39(32-37)52-55-50(35-18-7-2-8-19-35)54-51(56-52)36-20-9-3-10-21-36/h1-33H. The number of rotatable bonds is 6. The number of nitrogens with zero attached hydrogens (tertiary/aromatic N) is 5. The second-order valence-corrected chi connectivity index (χ2v) is 14.2. The average Bonchev–Trinajstić information content (AvgIpc) is 3.63. The van der Waals surface area contributed by atoms with E-state index in [9.17, 15) is 0 Å². The molecule has 3 aromatic heterocycles. The van der Waals surface area contributed by atoms with E-state index in [-0.39, 0.29) is 0 Å². The summed E-state index contributed by atoms with van der Waals surface area (Å²) < 4.78 is 2.43. The number of aromatic nitrogens is 5. The normalized spacial score (nSPS) is 11.5. The fourth-order valence-electron chi connectivity index (χ4n) is 8.16. The largest absolute Gasteiger partial charge is 0.309 e. The Balaban J connectivity index is 1.13.